The number of benzene rings is 2. The zero-order valence-electron chi connectivity index (χ0n) is 27.5. The van der Waals surface area contributed by atoms with Crippen molar-refractivity contribution in [3.8, 4) is 0 Å². The molecule has 13 heteroatoms. The van der Waals surface area contributed by atoms with Gasteiger partial charge in [0.15, 0.2) is 0 Å². The number of nitrogens with zero attached hydrogens (tertiary/aromatic N) is 3. The van der Waals surface area contributed by atoms with Crippen LogP contribution in [0.1, 0.15) is 81.9 Å². The van der Waals surface area contributed by atoms with Crippen LogP contribution in [-0.4, -0.2) is 58.7 Å². The molecule has 0 fully saturated rings. The Kier molecular flexibility index (Phi) is 16.5. The number of hydrogen-bond donors (Lipinski definition) is 2. The van der Waals surface area contributed by atoms with Crippen molar-refractivity contribution in [1.29, 1.82) is 0 Å². The number of amides is 3. The summed E-state index contributed by atoms with van der Waals surface area (Å²) in [5.74, 6) is -2.08. The van der Waals surface area contributed by atoms with Crippen LogP contribution in [0.15, 0.2) is 54.7 Å². The average molecular weight is 670 g/mol. The highest BCUT2D eigenvalue weighted by Crippen LogP contribution is 2.33. The Bertz CT molecular complexity index is 1410. The molecule has 3 aromatic rings. The van der Waals surface area contributed by atoms with E-state index in [4.69, 9.17) is 11.6 Å². The van der Waals surface area contributed by atoms with Gasteiger partial charge in [-0.15, -0.1) is 0 Å². The van der Waals surface area contributed by atoms with Gasteiger partial charge in [-0.1, -0.05) is 63.6 Å². The molecule has 3 rings (SSSR count). The van der Waals surface area contributed by atoms with Gasteiger partial charge >= 0.3 is 6.18 Å². The lowest BCUT2D eigenvalue weighted by molar-refractivity contribution is -0.159. The Morgan fingerprint density at radius 1 is 1.07 bits per heavy atom. The highest BCUT2D eigenvalue weighted by molar-refractivity contribution is 6.31. The SMILES string of the molecule is CC.CC(C(=O)N(C)CC(F)(F)F)c1ccc(NC=O)c(F)c1.CCn1nccc1C(=O)NC(C)C(c1ccccc1Cl)C(C)C. The zero-order valence-corrected chi connectivity index (χ0v) is 28.2. The number of likely N-dealkylation sites (N-methyl/N-ethyl adjacent to an activating group) is 1. The Morgan fingerprint density at radius 3 is 2.22 bits per heavy atom. The fraction of sp³-hybridized carbons (Fsp3) is 0.455. The number of aromatic nitrogens is 2. The van der Waals surface area contributed by atoms with E-state index in [0.29, 0.717) is 29.5 Å². The number of nitrogens with one attached hydrogen (secondary N) is 2. The first-order valence-corrected chi connectivity index (χ1v) is 15.4. The van der Waals surface area contributed by atoms with Crippen LogP contribution in [0.25, 0.3) is 0 Å². The van der Waals surface area contributed by atoms with Crippen LogP contribution in [0.3, 0.4) is 0 Å². The van der Waals surface area contributed by atoms with E-state index in [2.05, 4.69) is 29.6 Å². The minimum absolute atomic E-state index is 0.0393. The smallest absolute Gasteiger partial charge is 0.348 e. The molecule has 8 nitrogen and oxygen atoms in total. The number of rotatable bonds is 11. The van der Waals surface area contributed by atoms with E-state index in [1.54, 1.807) is 16.9 Å². The van der Waals surface area contributed by atoms with Crippen molar-refractivity contribution >= 4 is 35.5 Å². The monoisotopic (exact) mass is 669 g/mol. The van der Waals surface area contributed by atoms with Crippen LogP contribution in [0.5, 0.6) is 0 Å². The highest BCUT2D eigenvalue weighted by atomic mass is 35.5. The maximum absolute atomic E-state index is 13.6. The lowest BCUT2D eigenvalue weighted by atomic mass is 9.83. The normalized spacial score (nSPS) is 12.8. The molecular formula is C33H44ClF4N5O3. The minimum atomic E-state index is -4.49. The molecule has 0 aliphatic carbocycles. The standard InChI is InChI=1S/C18H24ClN3O.C13H14F4N2O2.C2H6/c1-5-22-16(10-11-20-22)18(23)21-13(4)17(12(2)3)14-8-6-7-9-15(14)19;1-8(12(21)19(2)6-13(15,16)17)9-3-4-11(18-7-20)10(14)5-9;1-2/h6-13,17H,5H2,1-4H3,(H,21,23);3-5,7-8H,6H2,1-2H3,(H,18,20);1-2H3. The molecule has 1 aromatic heterocycles. The molecule has 0 bridgehead atoms. The average Bonchev–Trinajstić information content (AvgIpc) is 3.48. The predicted octanol–water partition coefficient (Wildman–Crippen LogP) is 7.66. The number of anilines is 1. The van der Waals surface area contributed by atoms with Gasteiger partial charge in [0.05, 0.1) is 11.6 Å². The summed E-state index contributed by atoms with van der Waals surface area (Å²) >= 11 is 6.36. The van der Waals surface area contributed by atoms with Crippen LogP contribution >= 0.6 is 11.6 Å². The zero-order chi connectivity index (χ0) is 35.2. The van der Waals surface area contributed by atoms with Gasteiger partial charge in [0.25, 0.3) is 5.91 Å². The second-order valence-electron chi connectivity index (χ2n) is 10.6. The molecule has 3 unspecified atom stereocenters. The van der Waals surface area contributed by atoms with Crippen molar-refractivity contribution in [2.24, 2.45) is 5.92 Å². The van der Waals surface area contributed by atoms with Gasteiger partial charge in [-0.05, 0) is 62.1 Å². The summed E-state index contributed by atoms with van der Waals surface area (Å²) < 4.78 is 52.0. The number of hydrogen-bond acceptors (Lipinski definition) is 4. The van der Waals surface area contributed by atoms with Gasteiger partial charge in [-0.2, -0.15) is 18.3 Å². The van der Waals surface area contributed by atoms with E-state index in [1.807, 2.05) is 52.0 Å². The first-order valence-electron chi connectivity index (χ1n) is 15.0. The first-order chi connectivity index (χ1) is 21.6. The molecule has 3 atom stereocenters. The van der Waals surface area contributed by atoms with Crippen molar-refractivity contribution in [1.82, 2.24) is 20.0 Å². The summed E-state index contributed by atoms with van der Waals surface area (Å²) in [7, 11) is 1.03. The van der Waals surface area contributed by atoms with Crippen LogP contribution in [-0.2, 0) is 16.1 Å². The van der Waals surface area contributed by atoms with E-state index in [0.717, 1.165) is 23.7 Å². The summed E-state index contributed by atoms with van der Waals surface area (Å²) in [6.07, 6.45) is -2.55. The van der Waals surface area contributed by atoms with E-state index in [9.17, 15) is 31.9 Å². The van der Waals surface area contributed by atoms with Crippen molar-refractivity contribution < 1.29 is 31.9 Å². The molecule has 2 aromatic carbocycles. The maximum atomic E-state index is 13.6. The topological polar surface area (TPSA) is 96.3 Å². The van der Waals surface area contributed by atoms with E-state index < -0.39 is 30.4 Å². The van der Waals surface area contributed by atoms with Crippen molar-refractivity contribution in [2.45, 2.75) is 79.1 Å². The van der Waals surface area contributed by atoms with Gasteiger partial charge in [0.2, 0.25) is 12.3 Å². The minimum Gasteiger partial charge on any atom is -0.348 e. The first kappa shape index (κ1) is 40.1. The van der Waals surface area contributed by atoms with Crippen LogP contribution in [0.4, 0.5) is 23.2 Å². The Balaban J connectivity index is 0.000000438. The van der Waals surface area contributed by atoms with E-state index in [1.165, 1.54) is 19.1 Å². The molecule has 3 amide bonds. The summed E-state index contributed by atoms with van der Waals surface area (Å²) in [4.78, 5) is 35.2. The van der Waals surface area contributed by atoms with Gasteiger partial charge in [-0.3, -0.25) is 19.1 Å². The molecule has 0 spiro atoms. The largest absolute Gasteiger partial charge is 0.406 e. The van der Waals surface area contributed by atoms with Crippen molar-refractivity contribution in [2.75, 3.05) is 18.9 Å². The Hall–Kier alpha value is -3.93. The number of carbonyl (C=O) groups excluding carboxylic acids is 3. The molecule has 254 valence electrons. The number of halogens is 5. The molecule has 46 heavy (non-hydrogen) atoms. The van der Waals surface area contributed by atoms with Crippen molar-refractivity contribution in [3.05, 3.63) is 82.4 Å². The van der Waals surface area contributed by atoms with E-state index in [-0.39, 0.29) is 29.1 Å². The number of alkyl halides is 3. The Labute approximate surface area is 273 Å². The molecule has 0 radical (unpaired) electrons. The molecule has 0 aliphatic rings. The second-order valence-corrected chi connectivity index (χ2v) is 11.0. The predicted molar refractivity (Wildman–Crippen MR) is 173 cm³/mol. The van der Waals surface area contributed by atoms with Gasteiger partial charge in [-0.25, -0.2) is 4.39 Å². The summed E-state index contributed by atoms with van der Waals surface area (Å²) in [6.45, 7) is 13.0. The third kappa shape index (κ3) is 11.8. The van der Waals surface area contributed by atoms with E-state index >= 15 is 0 Å². The maximum Gasteiger partial charge on any atom is 0.406 e. The third-order valence-corrected chi connectivity index (χ3v) is 7.34. The quantitative estimate of drug-likeness (QED) is 0.162. The molecule has 0 saturated carbocycles. The molecule has 0 saturated heterocycles. The van der Waals surface area contributed by atoms with Gasteiger partial charge < -0.3 is 15.5 Å². The fourth-order valence-corrected chi connectivity index (χ4v) is 5.16. The summed E-state index contributed by atoms with van der Waals surface area (Å²) in [6, 6.07) is 13.2. The summed E-state index contributed by atoms with van der Waals surface area (Å²) in [5.41, 5.74) is 1.81. The second kappa shape index (κ2) is 18.9. The van der Waals surface area contributed by atoms with Crippen LogP contribution in [0, 0.1) is 11.7 Å². The lowest BCUT2D eigenvalue weighted by Gasteiger charge is -2.29. The molecule has 1 heterocycles. The highest BCUT2D eigenvalue weighted by Gasteiger charge is 2.33. The molecule has 0 aliphatic heterocycles. The van der Waals surface area contributed by atoms with Crippen LogP contribution in [0.2, 0.25) is 5.02 Å². The lowest BCUT2D eigenvalue weighted by Crippen LogP contribution is -2.39. The van der Waals surface area contributed by atoms with Crippen molar-refractivity contribution in [3.63, 3.8) is 0 Å². The van der Waals surface area contributed by atoms with Gasteiger partial charge in [0.1, 0.15) is 18.1 Å². The Morgan fingerprint density at radius 2 is 1.70 bits per heavy atom. The number of carbonyl (C=O) groups is 3. The fourth-order valence-electron chi connectivity index (χ4n) is 4.90. The third-order valence-electron chi connectivity index (χ3n) is 7.00. The summed E-state index contributed by atoms with van der Waals surface area (Å²) in [5, 5.41) is 10.1. The van der Waals surface area contributed by atoms with Gasteiger partial charge in [0, 0.05) is 36.8 Å². The molecular weight excluding hydrogens is 626 g/mol. The number of aryl methyl sites for hydroxylation is 1. The van der Waals surface area contributed by atoms with Crippen LogP contribution < -0.4 is 10.6 Å². The molecule has 2 N–H and O–H groups in total.